The second-order valence-electron chi connectivity index (χ2n) is 5.56. The first kappa shape index (κ1) is 13.3. The number of hydrogen-bond donors (Lipinski definition) is 0. The highest BCUT2D eigenvalue weighted by molar-refractivity contribution is 9.10. The molecule has 1 saturated carbocycles. The minimum Gasteiger partial charge on any atom is -0.354 e. The van der Waals surface area contributed by atoms with Gasteiger partial charge in [-0.15, -0.1) is 0 Å². The van der Waals surface area contributed by atoms with Crippen LogP contribution < -0.4 is 4.90 Å². The molecule has 2 heterocycles. The second kappa shape index (κ2) is 5.75. The molecule has 0 aromatic carbocycles. The number of halogens is 1. The fraction of sp³-hybridized carbons (Fsp3) is 0.714. The number of rotatable bonds is 2. The van der Waals surface area contributed by atoms with Crippen molar-refractivity contribution in [1.29, 1.82) is 0 Å². The molecule has 1 aliphatic heterocycles. The number of piperazine rings is 1. The molecular formula is C14H21BrN4. The molecule has 0 N–H and O–H groups in total. The number of nitrogens with zero attached hydrogens (tertiary/aromatic N) is 4. The molecule has 5 heteroatoms. The van der Waals surface area contributed by atoms with Gasteiger partial charge in [0.25, 0.3) is 0 Å². The average Bonchev–Trinajstić information content (AvgIpc) is 2.91. The zero-order valence-corrected chi connectivity index (χ0v) is 13.1. The van der Waals surface area contributed by atoms with Crippen molar-refractivity contribution < 1.29 is 0 Å². The van der Waals surface area contributed by atoms with Crippen molar-refractivity contribution in [1.82, 2.24) is 14.9 Å². The van der Waals surface area contributed by atoms with Crippen LogP contribution in [0.3, 0.4) is 0 Å². The van der Waals surface area contributed by atoms with Crippen molar-refractivity contribution >= 4 is 21.7 Å². The lowest BCUT2D eigenvalue weighted by Gasteiger charge is -2.38. The van der Waals surface area contributed by atoms with E-state index in [-0.39, 0.29) is 0 Å². The maximum atomic E-state index is 4.55. The Morgan fingerprint density at radius 1 is 1.11 bits per heavy atom. The van der Waals surface area contributed by atoms with Crippen molar-refractivity contribution in [2.75, 3.05) is 31.1 Å². The van der Waals surface area contributed by atoms with E-state index in [4.69, 9.17) is 0 Å². The summed E-state index contributed by atoms with van der Waals surface area (Å²) in [6, 6.07) is 2.87. The van der Waals surface area contributed by atoms with Gasteiger partial charge in [-0.3, -0.25) is 4.90 Å². The third-order valence-corrected chi connectivity index (χ3v) is 4.68. The largest absolute Gasteiger partial charge is 0.354 e. The highest BCUT2D eigenvalue weighted by Gasteiger charge is 2.26. The van der Waals surface area contributed by atoms with E-state index in [2.05, 4.69) is 35.7 Å². The standard InChI is InChI=1S/C14H21BrN4/c1-11-16-13(15)10-14(17-11)19-8-6-18(7-9-19)12-4-2-3-5-12/h10,12H,2-9H2,1H3. The Kier molecular flexibility index (Phi) is 4.03. The Morgan fingerprint density at radius 3 is 2.42 bits per heavy atom. The Balaban J connectivity index is 1.63. The van der Waals surface area contributed by atoms with E-state index < -0.39 is 0 Å². The van der Waals surface area contributed by atoms with Gasteiger partial charge >= 0.3 is 0 Å². The summed E-state index contributed by atoms with van der Waals surface area (Å²) in [5.74, 6) is 1.90. The molecule has 1 aliphatic carbocycles. The van der Waals surface area contributed by atoms with Gasteiger partial charge in [0.1, 0.15) is 16.2 Å². The van der Waals surface area contributed by atoms with E-state index in [1.807, 2.05) is 13.0 Å². The zero-order valence-electron chi connectivity index (χ0n) is 11.5. The Hall–Kier alpha value is -0.680. The van der Waals surface area contributed by atoms with Gasteiger partial charge in [0.05, 0.1) is 0 Å². The fourth-order valence-electron chi connectivity index (χ4n) is 3.26. The van der Waals surface area contributed by atoms with Crippen molar-refractivity contribution in [3.63, 3.8) is 0 Å². The molecule has 1 aromatic rings. The van der Waals surface area contributed by atoms with Crippen LogP contribution in [0, 0.1) is 6.92 Å². The lowest BCUT2D eigenvalue weighted by Crippen LogP contribution is -2.50. The molecule has 0 radical (unpaired) electrons. The third-order valence-electron chi connectivity index (χ3n) is 4.27. The normalized spacial score (nSPS) is 22.1. The maximum absolute atomic E-state index is 4.55. The van der Waals surface area contributed by atoms with Crippen molar-refractivity contribution in [2.45, 2.75) is 38.6 Å². The number of hydrogen-bond acceptors (Lipinski definition) is 4. The van der Waals surface area contributed by atoms with E-state index in [9.17, 15) is 0 Å². The SMILES string of the molecule is Cc1nc(Br)cc(N2CCN(C3CCCC3)CC2)n1. The maximum Gasteiger partial charge on any atom is 0.133 e. The Morgan fingerprint density at radius 2 is 1.79 bits per heavy atom. The van der Waals surface area contributed by atoms with Crippen LogP contribution in [-0.2, 0) is 0 Å². The minimum atomic E-state index is 0.836. The fourth-order valence-corrected chi connectivity index (χ4v) is 3.73. The monoisotopic (exact) mass is 324 g/mol. The van der Waals surface area contributed by atoms with E-state index in [0.29, 0.717) is 0 Å². The molecule has 2 aliphatic rings. The van der Waals surface area contributed by atoms with Crippen LogP contribution in [0.15, 0.2) is 10.7 Å². The molecule has 0 bridgehead atoms. The molecule has 19 heavy (non-hydrogen) atoms. The predicted octanol–water partition coefficient (Wildman–Crippen LogP) is 2.61. The first-order chi connectivity index (χ1) is 9.22. The Labute approximate surface area is 123 Å². The van der Waals surface area contributed by atoms with Gasteiger partial charge in [0.2, 0.25) is 0 Å². The van der Waals surface area contributed by atoms with Crippen LogP contribution in [0.4, 0.5) is 5.82 Å². The topological polar surface area (TPSA) is 32.3 Å². The highest BCUT2D eigenvalue weighted by Crippen LogP contribution is 2.25. The highest BCUT2D eigenvalue weighted by atomic mass is 79.9. The summed E-state index contributed by atoms with van der Waals surface area (Å²) in [4.78, 5) is 13.9. The number of aromatic nitrogens is 2. The molecular weight excluding hydrogens is 304 g/mol. The summed E-state index contributed by atoms with van der Waals surface area (Å²) in [5.41, 5.74) is 0. The molecule has 1 saturated heterocycles. The van der Waals surface area contributed by atoms with Gasteiger partial charge < -0.3 is 4.90 Å². The van der Waals surface area contributed by atoms with Crippen molar-refractivity contribution in [2.24, 2.45) is 0 Å². The summed E-state index contributed by atoms with van der Waals surface area (Å²) in [6.07, 6.45) is 5.64. The molecule has 1 aromatic heterocycles. The van der Waals surface area contributed by atoms with Gasteiger partial charge in [0.15, 0.2) is 0 Å². The van der Waals surface area contributed by atoms with Crippen LogP contribution in [-0.4, -0.2) is 47.1 Å². The van der Waals surface area contributed by atoms with Crippen molar-refractivity contribution in [3.8, 4) is 0 Å². The number of anilines is 1. The molecule has 0 atom stereocenters. The van der Waals surface area contributed by atoms with Crippen LogP contribution in [0.25, 0.3) is 0 Å². The molecule has 0 spiro atoms. The lowest BCUT2D eigenvalue weighted by atomic mass is 10.2. The summed E-state index contributed by atoms with van der Waals surface area (Å²) < 4.78 is 0.883. The van der Waals surface area contributed by atoms with Crippen molar-refractivity contribution in [3.05, 3.63) is 16.5 Å². The second-order valence-corrected chi connectivity index (χ2v) is 6.37. The summed E-state index contributed by atoms with van der Waals surface area (Å²) in [5, 5.41) is 0. The molecule has 4 nitrogen and oxygen atoms in total. The van der Waals surface area contributed by atoms with E-state index in [1.54, 1.807) is 0 Å². The summed E-state index contributed by atoms with van der Waals surface area (Å²) >= 11 is 3.46. The van der Waals surface area contributed by atoms with E-state index >= 15 is 0 Å². The predicted molar refractivity (Wildman–Crippen MR) is 80.5 cm³/mol. The summed E-state index contributed by atoms with van der Waals surface area (Å²) in [7, 11) is 0. The van der Waals surface area contributed by atoms with Gasteiger partial charge in [-0.25, -0.2) is 9.97 Å². The number of aryl methyl sites for hydroxylation is 1. The van der Waals surface area contributed by atoms with E-state index in [1.165, 1.54) is 38.8 Å². The molecule has 0 unspecified atom stereocenters. The van der Waals surface area contributed by atoms with Crippen LogP contribution in [0.2, 0.25) is 0 Å². The molecule has 2 fully saturated rings. The quantitative estimate of drug-likeness (QED) is 0.783. The molecule has 104 valence electrons. The van der Waals surface area contributed by atoms with Gasteiger partial charge in [-0.05, 0) is 35.7 Å². The molecule has 3 rings (SSSR count). The smallest absolute Gasteiger partial charge is 0.133 e. The lowest BCUT2D eigenvalue weighted by molar-refractivity contribution is 0.187. The molecule has 0 amide bonds. The van der Waals surface area contributed by atoms with Crippen LogP contribution in [0.1, 0.15) is 31.5 Å². The first-order valence-electron chi connectivity index (χ1n) is 7.22. The van der Waals surface area contributed by atoms with Crippen LogP contribution in [0.5, 0.6) is 0 Å². The van der Waals surface area contributed by atoms with Gasteiger partial charge in [-0.1, -0.05) is 12.8 Å². The van der Waals surface area contributed by atoms with Crippen LogP contribution >= 0.6 is 15.9 Å². The third kappa shape index (κ3) is 3.08. The Bertz CT molecular complexity index is 417. The average molecular weight is 325 g/mol. The summed E-state index contributed by atoms with van der Waals surface area (Å²) in [6.45, 7) is 6.46. The van der Waals surface area contributed by atoms with E-state index in [0.717, 1.165) is 35.4 Å². The first-order valence-corrected chi connectivity index (χ1v) is 8.02. The zero-order chi connectivity index (χ0) is 13.2. The minimum absolute atomic E-state index is 0.836. The van der Waals surface area contributed by atoms with Gasteiger partial charge in [-0.2, -0.15) is 0 Å². The van der Waals surface area contributed by atoms with Gasteiger partial charge in [0, 0.05) is 38.3 Å².